The van der Waals surface area contributed by atoms with Gasteiger partial charge in [0.1, 0.15) is 12.9 Å². The number of ether oxygens (including phenoxy) is 1. The van der Waals surface area contributed by atoms with Gasteiger partial charge in [0, 0.05) is 5.69 Å². The number of anilines is 2. The Hall–Kier alpha value is -3.59. The van der Waals surface area contributed by atoms with E-state index in [4.69, 9.17) is 9.15 Å². The Bertz CT molecular complexity index is 1000. The van der Waals surface area contributed by atoms with Crippen LogP contribution in [-0.4, -0.2) is 18.4 Å². The molecule has 0 fully saturated rings. The van der Waals surface area contributed by atoms with Crippen molar-refractivity contribution < 1.29 is 31.9 Å². The minimum Gasteiger partial charge on any atom is -0.472 e. The SMILES string of the molecule is O=C(COCc1ccccc1)Nc1ccc(NC(=O)c2ccoc2)cc1C(F)(F)F. The second kappa shape index (κ2) is 9.27. The van der Waals surface area contributed by atoms with Crippen LogP contribution in [0.4, 0.5) is 24.5 Å². The van der Waals surface area contributed by atoms with Crippen LogP contribution in [0, 0.1) is 0 Å². The number of benzene rings is 2. The maximum Gasteiger partial charge on any atom is 0.418 e. The van der Waals surface area contributed by atoms with E-state index in [-0.39, 0.29) is 17.9 Å². The monoisotopic (exact) mass is 418 g/mol. The molecule has 30 heavy (non-hydrogen) atoms. The zero-order chi connectivity index (χ0) is 21.6. The fourth-order valence-electron chi connectivity index (χ4n) is 2.58. The Labute approximate surface area is 169 Å². The maximum atomic E-state index is 13.5. The summed E-state index contributed by atoms with van der Waals surface area (Å²) in [4.78, 5) is 24.0. The summed E-state index contributed by atoms with van der Waals surface area (Å²) in [7, 11) is 0. The lowest BCUT2D eigenvalue weighted by molar-refractivity contribution is -0.137. The first-order chi connectivity index (χ1) is 14.3. The smallest absolute Gasteiger partial charge is 0.418 e. The third-order valence-electron chi connectivity index (χ3n) is 3.98. The summed E-state index contributed by atoms with van der Waals surface area (Å²) in [6, 6.07) is 13.5. The molecule has 2 aromatic carbocycles. The lowest BCUT2D eigenvalue weighted by atomic mass is 10.1. The van der Waals surface area contributed by atoms with Crippen molar-refractivity contribution in [3.63, 3.8) is 0 Å². The van der Waals surface area contributed by atoms with E-state index in [1.165, 1.54) is 24.7 Å². The Kier molecular flexibility index (Phi) is 6.53. The van der Waals surface area contributed by atoms with Crippen molar-refractivity contribution in [2.24, 2.45) is 0 Å². The van der Waals surface area contributed by atoms with Crippen molar-refractivity contribution in [1.29, 1.82) is 0 Å². The van der Waals surface area contributed by atoms with Crippen LogP contribution < -0.4 is 10.6 Å². The molecule has 0 aliphatic heterocycles. The molecule has 0 saturated heterocycles. The predicted octanol–water partition coefficient (Wildman–Crippen LogP) is 4.71. The lowest BCUT2D eigenvalue weighted by Crippen LogP contribution is -2.21. The quantitative estimate of drug-likeness (QED) is 0.583. The highest BCUT2D eigenvalue weighted by atomic mass is 19.4. The summed E-state index contributed by atoms with van der Waals surface area (Å²) in [5.41, 5.74) is -0.608. The first-order valence-corrected chi connectivity index (χ1v) is 8.79. The van der Waals surface area contributed by atoms with Gasteiger partial charge in [-0.2, -0.15) is 13.2 Å². The van der Waals surface area contributed by atoms with Gasteiger partial charge in [0.2, 0.25) is 5.91 Å². The van der Waals surface area contributed by atoms with Crippen LogP contribution in [0.1, 0.15) is 21.5 Å². The molecule has 0 aliphatic rings. The Morgan fingerprint density at radius 3 is 2.43 bits per heavy atom. The molecule has 0 radical (unpaired) electrons. The van der Waals surface area contributed by atoms with Crippen LogP contribution in [-0.2, 0) is 22.3 Å². The predicted molar refractivity (Wildman–Crippen MR) is 103 cm³/mol. The Morgan fingerprint density at radius 1 is 1.00 bits per heavy atom. The molecular formula is C21H17F3N2O4. The van der Waals surface area contributed by atoms with Gasteiger partial charge in [0.15, 0.2) is 0 Å². The van der Waals surface area contributed by atoms with Crippen LogP contribution >= 0.6 is 0 Å². The highest BCUT2D eigenvalue weighted by Crippen LogP contribution is 2.36. The number of hydrogen-bond donors (Lipinski definition) is 2. The molecule has 2 amide bonds. The third-order valence-corrected chi connectivity index (χ3v) is 3.98. The molecular weight excluding hydrogens is 401 g/mol. The molecule has 1 heterocycles. The number of carbonyl (C=O) groups is 2. The molecule has 0 bridgehead atoms. The summed E-state index contributed by atoms with van der Waals surface area (Å²) >= 11 is 0. The summed E-state index contributed by atoms with van der Waals surface area (Å²) in [6.07, 6.45) is -2.30. The van der Waals surface area contributed by atoms with Gasteiger partial charge in [-0.05, 0) is 29.8 Å². The molecule has 6 nitrogen and oxygen atoms in total. The number of amides is 2. The lowest BCUT2D eigenvalue weighted by Gasteiger charge is -2.16. The number of carbonyl (C=O) groups excluding carboxylic acids is 2. The standard InChI is InChI=1S/C21H17F3N2O4/c22-21(23,24)17-10-16(25-20(28)15-8-9-29-12-15)6-7-18(17)26-19(27)13-30-11-14-4-2-1-3-5-14/h1-10,12H,11,13H2,(H,25,28)(H,26,27). The fourth-order valence-corrected chi connectivity index (χ4v) is 2.58. The third kappa shape index (κ3) is 5.71. The molecule has 0 aliphatic carbocycles. The summed E-state index contributed by atoms with van der Waals surface area (Å²) in [5, 5.41) is 4.55. The van der Waals surface area contributed by atoms with Crippen molar-refractivity contribution in [1.82, 2.24) is 0 Å². The van der Waals surface area contributed by atoms with Gasteiger partial charge in [0.25, 0.3) is 5.91 Å². The first-order valence-electron chi connectivity index (χ1n) is 8.79. The zero-order valence-electron chi connectivity index (χ0n) is 15.5. The topological polar surface area (TPSA) is 80.6 Å². The van der Waals surface area contributed by atoms with Crippen LogP contribution in [0.5, 0.6) is 0 Å². The van der Waals surface area contributed by atoms with Crippen molar-refractivity contribution in [2.45, 2.75) is 12.8 Å². The van der Waals surface area contributed by atoms with Gasteiger partial charge < -0.3 is 19.8 Å². The average molecular weight is 418 g/mol. The molecule has 2 N–H and O–H groups in total. The second-order valence-electron chi connectivity index (χ2n) is 6.25. The van der Waals surface area contributed by atoms with Gasteiger partial charge in [0.05, 0.1) is 29.7 Å². The highest BCUT2D eigenvalue weighted by molar-refractivity contribution is 6.04. The Morgan fingerprint density at radius 2 is 1.77 bits per heavy atom. The van der Waals surface area contributed by atoms with Gasteiger partial charge in [-0.15, -0.1) is 0 Å². The van der Waals surface area contributed by atoms with Crippen molar-refractivity contribution in [3.8, 4) is 0 Å². The maximum absolute atomic E-state index is 13.5. The normalized spacial score (nSPS) is 11.2. The van der Waals surface area contributed by atoms with Gasteiger partial charge in [-0.25, -0.2) is 0 Å². The van der Waals surface area contributed by atoms with E-state index in [0.717, 1.165) is 17.7 Å². The van der Waals surface area contributed by atoms with E-state index in [2.05, 4.69) is 10.6 Å². The number of halogens is 3. The number of furan rings is 1. The van der Waals surface area contributed by atoms with Gasteiger partial charge in [-0.3, -0.25) is 9.59 Å². The van der Waals surface area contributed by atoms with Crippen LogP contribution in [0.15, 0.2) is 71.5 Å². The van der Waals surface area contributed by atoms with E-state index >= 15 is 0 Å². The molecule has 0 unspecified atom stereocenters. The van der Waals surface area contributed by atoms with E-state index in [1.807, 2.05) is 6.07 Å². The number of rotatable bonds is 7. The zero-order valence-corrected chi connectivity index (χ0v) is 15.5. The van der Waals surface area contributed by atoms with E-state index in [0.29, 0.717) is 0 Å². The Balaban J connectivity index is 1.66. The number of nitrogens with one attached hydrogen (secondary N) is 2. The summed E-state index contributed by atoms with van der Waals surface area (Å²) in [6.45, 7) is -0.259. The van der Waals surface area contributed by atoms with Gasteiger partial charge >= 0.3 is 6.18 Å². The summed E-state index contributed by atoms with van der Waals surface area (Å²) < 4.78 is 50.4. The molecule has 0 spiro atoms. The van der Waals surface area contributed by atoms with Crippen LogP contribution in [0.3, 0.4) is 0 Å². The first kappa shape index (κ1) is 21.1. The summed E-state index contributed by atoms with van der Waals surface area (Å²) in [5.74, 6) is -1.35. The molecule has 3 aromatic rings. The van der Waals surface area contributed by atoms with E-state index in [1.54, 1.807) is 24.3 Å². The largest absolute Gasteiger partial charge is 0.472 e. The number of hydrogen-bond acceptors (Lipinski definition) is 4. The van der Waals surface area contributed by atoms with E-state index < -0.39 is 35.8 Å². The van der Waals surface area contributed by atoms with Crippen LogP contribution in [0.2, 0.25) is 0 Å². The molecule has 0 saturated carbocycles. The number of alkyl halides is 3. The van der Waals surface area contributed by atoms with Gasteiger partial charge in [-0.1, -0.05) is 30.3 Å². The fraction of sp³-hybridized carbons (Fsp3) is 0.143. The van der Waals surface area contributed by atoms with Crippen LogP contribution in [0.25, 0.3) is 0 Å². The minimum atomic E-state index is -4.75. The van der Waals surface area contributed by atoms with Crippen molar-refractivity contribution in [3.05, 3.63) is 83.8 Å². The molecule has 1 aromatic heterocycles. The molecule has 0 atom stereocenters. The van der Waals surface area contributed by atoms with Crippen molar-refractivity contribution >= 4 is 23.2 Å². The average Bonchev–Trinajstić information content (AvgIpc) is 3.24. The molecule has 156 valence electrons. The minimum absolute atomic E-state index is 0.0770. The highest BCUT2D eigenvalue weighted by Gasteiger charge is 2.34. The molecule has 9 heteroatoms. The molecule has 3 rings (SSSR count). The van der Waals surface area contributed by atoms with E-state index in [9.17, 15) is 22.8 Å². The van der Waals surface area contributed by atoms with Crippen molar-refractivity contribution in [2.75, 3.05) is 17.2 Å². The second-order valence-corrected chi connectivity index (χ2v) is 6.25.